The number of esters is 2. The van der Waals surface area contributed by atoms with Gasteiger partial charge in [-0.15, -0.1) is 0 Å². The van der Waals surface area contributed by atoms with Crippen LogP contribution in [0.1, 0.15) is 146 Å². The van der Waals surface area contributed by atoms with E-state index in [-0.39, 0.29) is 17.4 Å². The lowest BCUT2D eigenvalue weighted by molar-refractivity contribution is -0.138. The van der Waals surface area contributed by atoms with E-state index in [1.165, 1.54) is 109 Å². The maximum Gasteiger partial charge on any atom is 0.345 e. The molecule has 0 N–H and O–H groups in total. The minimum absolute atomic E-state index is 0. The molecule has 0 atom stereocenters. The summed E-state index contributed by atoms with van der Waals surface area (Å²) in [5.74, 6) is -0.959. The van der Waals surface area contributed by atoms with Crippen LogP contribution in [0.3, 0.4) is 0 Å². The predicted octanol–water partition coefficient (Wildman–Crippen LogP) is 8.01. The fourth-order valence-electron chi connectivity index (χ4n) is 4.14. The first-order valence-electron chi connectivity index (χ1n) is 13.5. The normalized spacial score (nSPS) is 10.6. The van der Waals surface area contributed by atoms with E-state index in [1.807, 2.05) is 6.07 Å². The summed E-state index contributed by atoms with van der Waals surface area (Å²) in [6.45, 7) is 2.28. The van der Waals surface area contributed by atoms with Gasteiger partial charge in [-0.3, -0.25) is 4.79 Å². The van der Waals surface area contributed by atoms with Crippen molar-refractivity contribution in [3.05, 3.63) is 35.9 Å². The Kier molecular flexibility index (Phi) is 23.2. The number of benzene rings is 1. The molecule has 0 amide bonds. The molecule has 33 heavy (non-hydrogen) atoms. The van der Waals surface area contributed by atoms with Crippen LogP contribution in [0.5, 0.6) is 0 Å². The number of carbonyl (C=O) groups is 2. The molecule has 0 spiro atoms. The zero-order valence-electron chi connectivity index (χ0n) is 20.8. The van der Waals surface area contributed by atoms with Gasteiger partial charge in [0.25, 0.3) is 0 Å². The lowest BCUT2D eigenvalue weighted by Crippen LogP contribution is -2.12. The monoisotopic (exact) mass is 474 g/mol. The first kappa shape index (κ1) is 31.9. The number of ether oxygens (including phenoxy) is 1. The molecule has 3 nitrogen and oxygen atoms in total. The van der Waals surface area contributed by atoms with E-state index in [9.17, 15) is 9.59 Å². The molecule has 0 radical (unpaired) electrons. The number of hydrogen-bond acceptors (Lipinski definition) is 3. The van der Waals surface area contributed by atoms with Crippen LogP contribution in [0.15, 0.2) is 30.3 Å². The van der Waals surface area contributed by atoms with Crippen LogP contribution in [-0.2, 0) is 9.53 Å². The summed E-state index contributed by atoms with van der Waals surface area (Å²) in [5, 5.41) is 0. The van der Waals surface area contributed by atoms with Crippen molar-refractivity contribution in [1.29, 1.82) is 0 Å². The van der Waals surface area contributed by atoms with Crippen molar-refractivity contribution in [2.75, 3.05) is 0 Å². The summed E-state index contributed by atoms with van der Waals surface area (Å²) in [7, 11) is 0. The molecule has 1 aromatic carbocycles. The molecule has 0 saturated carbocycles. The molecule has 1 aromatic rings. The molecule has 0 aromatic heterocycles. The van der Waals surface area contributed by atoms with Gasteiger partial charge in [-0.05, 0) is 18.6 Å². The fraction of sp³-hybridized carbons (Fsp3) is 0.724. The van der Waals surface area contributed by atoms with E-state index in [0.29, 0.717) is 12.0 Å². The second-order valence-electron chi connectivity index (χ2n) is 9.24. The van der Waals surface area contributed by atoms with Gasteiger partial charge >= 0.3 is 11.9 Å². The molecule has 0 bridgehead atoms. The largest absolute Gasteiger partial charge is 0.389 e. The maximum atomic E-state index is 11.8. The molecule has 0 unspecified atom stereocenters. The molecule has 0 aliphatic rings. The first-order chi connectivity index (χ1) is 15.7. The topological polar surface area (TPSA) is 43.4 Å². The summed E-state index contributed by atoms with van der Waals surface area (Å²) < 4.78 is 4.90. The van der Waals surface area contributed by atoms with Crippen LogP contribution >= 0.6 is 0 Å². The summed E-state index contributed by atoms with van der Waals surface area (Å²) in [6.07, 6.45) is 25.6. The Hall–Kier alpha value is -1.11. The highest BCUT2D eigenvalue weighted by Crippen LogP contribution is 2.15. The minimum Gasteiger partial charge on any atom is -0.389 e. The summed E-state index contributed by atoms with van der Waals surface area (Å²) >= 11 is 0. The average Bonchev–Trinajstić information content (AvgIpc) is 2.81. The Morgan fingerprint density at radius 3 is 1.33 bits per heavy atom. The predicted molar refractivity (Wildman–Crippen MR) is 145 cm³/mol. The van der Waals surface area contributed by atoms with Crippen LogP contribution in [0, 0.1) is 0 Å². The third kappa shape index (κ3) is 20.0. The fourth-order valence-corrected chi connectivity index (χ4v) is 4.14. The van der Waals surface area contributed by atoms with Crippen LogP contribution < -0.4 is 0 Å². The molecular weight excluding hydrogens is 423 g/mol. The molecule has 0 aliphatic carbocycles. The molecule has 4 heteroatoms. The lowest BCUT2D eigenvalue weighted by Gasteiger charge is -2.04. The maximum absolute atomic E-state index is 11.8. The quantitative estimate of drug-likeness (QED) is 0.0784. The van der Waals surface area contributed by atoms with Crippen LogP contribution in [0.2, 0.25) is 0 Å². The van der Waals surface area contributed by atoms with Gasteiger partial charge in [-0.25, -0.2) is 4.79 Å². The average molecular weight is 475 g/mol. The summed E-state index contributed by atoms with van der Waals surface area (Å²) in [4.78, 5) is 23.6. The highest BCUT2D eigenvalue weighted by molar-refractivity contribution is 5.96. The standard InChI is InChI=1S/C29H48O3.Al.3H/c1-2-3-4-5-6-7-8-9-10-11-12-13-14-15-16-17-18-19-23-26-28(30)32-29(31)27-24-21-20-22-25-27;;;;/h20-22,24-25H,2-19,23,26H2,1H3;;;;. The molecule has 0 saturated heterocycles. The third-order valence-electron chi connectivity index (χ3n) is 6.20. The van der Waals surface area contributed by atoms with Crippen LogP contribution in [0.4, 0.5) is 0 Å². The first-order valence-corrected chi connectivity index (χ1v) is 13.5. The van der Waals surface area contributed by atoms with Gasteiger partial charge in [0, 0.05) is 6.42 Å². The van der Waals surface area contributed by atoms with E-state index in [0.717, 1.165) is 12.8 Å². The zero-order chi connectivity index (χ0) is 23.1. The van der Waals surface area contributed by atoms with Gasteiger partial charge in [0.05, 0.1) is 5.56 Å². The van der Waals surface area contributed by atoms with E-state index in [4.69, 9.17) is 4.74 Å². The van der Waals surface area contributed by atoms with Crippen molar-refractivity contribution in [3.63, 3.8) is 0 Å². The van der Waals surface area contributed by atoms with Crippen molar-refractivity contribution >= 4 is 29.3 Å². The Morgan fingerprint density at radius 2 is 0.939 bits per heavy atom. The van der Waals surface area contributed by atoms with Crippen molar-refractivity contribution in [2.45, 2.75) is 135 Å². The van der Waals surface area contributed by atoms with Gasteiger partial charge < -0.3 is 4.74 Å². The smallest absolute Gasteiger partial charge is 0.345 e. The minimum atomic E-state index is -0.548. The summed E-state index contributed by atoms with van der Waals surface area (Å²) in [5.41, 5.74) is 0.425. The second-order valence-corrected chi connectivity index (χ2v) is 9.24. The van der Waals surface area contributed by atoms with Crippen molar-refractivity contribution in [2.24, 2.45) is 0 Å². The highest BCUT2D eigenvalue weighted by Gasteiger charge is 2.11. The Bertz CT molecular complexity index is 573. The molecular formula is C29H51AlO3. The third-order valence-corrected chi connectivity index (χ3v) is 6.20. The van der Waals surface area contributed by atoms with Crippen LogP contribution in [-0.4, -0.2) is 29.3 Å². The van der Waals surface area contributed by atoms with Crippen LogP contribution in [0.25, 0.3) is 0 Å². The number of carbonyl (C=O) groups excluding carboxylic acids is 2. The SMILES string of the molecule is CCCCCCCCCCCCCCCCCCCCCC(=O)OC(=O)c1ccccc1.[AlH3]. The van der Waals surface area contributed by atoms with E-state index < -0.39 is 11.9 Å². The van der Waals surface area contributed by atoms with E-state index in [1.54, 1.807) is 24.3 Å². The molecule has 0 aliphatic heterocycles. The Morgan fingerprint density at radius 1 is 0.576 bits per heavy atom. The number of hydrogen-bond donors (Lipinski definition) is 0. The molecule has 1 rings (SSSR count). The van der Waals surface area contributed by atoms with Crippen molar-refractivity contribution in [3.8, 4) is 0 Å². The van der Waals surface area contributed by atoms with Crippen molar-refractivity contribution < 1.29 is 14.3 Å². The van der Waals surface area contributed by atoms with E-state index in [2.05, 4.69) is 6.92 Å². The van der Waals surface area contributed by atoms with Gasteiger partial charge in [-0.2, -0.15) is 0 Å². The number of unbranched alkanes of at least 4 members (excludes halogenated alkanes) is 18. The van der Waals surface area contributed by atoms with Gasteiger partial charge in [0.1, 0.15) is 0 Å². The van der Waals surface area contributed by atoms with Crippen molar-refractivity contribution in [1.82, 2.24) is 0 Å². The highest BCUT2D eigenvalue weighted by atomic mass is 27.0. The molecule has 0 fully saturated rings. The summed E-state index contributed by atoms with van der Waals surface area (Å²) in [6, 6.07) is 8.68. The van der Waals surface area contributed by atoms with E-state index >= 15 is 0 Å². The Labute approximate surface area is 214 Å². The molecule has 188 valence electrons. The van der Waals surface area contributed by atoms with Gasteiger partial charge in [0.2, 0.25) is 0 Å². The molecule has 0 heterocycles. The van der Waals surface area contributed by atoms with Gasteiger partial charge in [0.15, 0.2) is 17.4 Å². The van der Waals surface area contributed by atoms with Gasteiger partial charge in [-0.1, -0.05) is 141 Å². The second kappa shape index (κ2) is 24.0. The zero-order valence-corrected chi connectivity index (χ0v) is 20.8. The Balaban J connectivity index is 0.0000102. The lowest BCUT2D eigenvalue weighted by atomic mass is 10.0. The number of rotatable bonds is 21.